The zero-order valence-electron chi connectivity index (χ0n) is 13.2. The second-order valence-corrected chi connectivity index (χ2v) is 6.58. The number of aromatic nitrogens is 2. The van der Waals surface area contributed by atoms with Crippen molar-refractivity contribution >= 4 is 24.2 Å². The number of aromatic amines is 1. The van der Waals surface area contributed by atoms with Crippen LogP contribution in [0.25, 0.3) is 17.1 Å². The summed E-state index contributed by atoms with van der Waals surface area (Å²) in [5.41, 5.74) is 2.40. The number of H-pyrrole nitrogens is 1. The van der Waals surface area contributed by atoms with Crippen LogP contribution in [0.4, 0.5) is 0 Å². The fourth-order valence-electron chi connectivity index (χ4n) is 2.48. The van der Waals surface area contributed by atoms with Gasteiger partial charge in [-0.05, 0) is 52.3 Å². The Morgan fingerprint density at radius 2 is 1.86 bits per heavy atom. The van der Waals surface area contributed by atoms with Crippen LogP contribution < -0.4 is 0 Å². The molecule has 1 fully saturated rings. The van der Waals surface area contributed by atoms with Gasteiger partial charge in [-0.25, -0.2) is 4.98 Å². The van der Waals surface area contributed by atoms with E-state index in [2.05, 4.69) is 43.7 Å². The normalized spacial score (nSPS) is 20.7. The van der Waals surface area contributed by atoms with Gasteiger partial charge in [0.25, 0.3) is 0 Å². The Labute approximate surface area is 125 Å². The van der Waals surface area contributed by atoms with Gasteiger partial charge in [0.15, 0.2) is 0 Å². The molecule has 21 heavy (non-hydrogen) atoms. The molecule has 0 atom stereocenters. The fourth-order valence-corrected chi connectivity index (χ4v) is 2.48. The van der Waals surface area contributed by atoms with Gasteiger partial charge >= 0.3 is 7.12 Å². The summed E-state index contributed by atoms with van der Waals surface area (Å²) in [5.74, 6) is 1.97. The molecule has 2 aromatic rings. The fraction of sp³-hybridized carbons (Fsp3) is 0.438. The molecule has 0 unspecified atom stereocenters. The third-order valence-corrected chi connectivity index (χ3v) is 4.39. The van der Waals surface area contributed by atoms with Crippen LogP contribution in [0.5, 0.6) is 0 Å². The molecule has 110 valence electrons. The van der Waals surface area contributed by atoms with E-state index < -0.39 is 0 Å². The Kier molecular flexibility index (Phi) is 3.22. The maximum Gasteiger partial charge on any atom is 0.487 e. The molecule has 0 saturated carbocycles. The van der Waals surface area contributed by atoms with Gasteiger partial charge in [0.1, 0.15) is 5.65 Å². The molecule has 5 heteroatoms. The van der Waals surface area contributed by atoms with Crippen LogP contribution in [0.15, 0.2) is 24.3 Å². The Morgan fingerprint density at radius 3 is 2.52 bits per heavy atom. The molecule has 0 aliphatic carbocycles. The molecular formula is C16H21BN2O2. The van der Waals surface area contributed by atoms with Crippen LogP contribution in [-0.4, -0.2) is 28.3 Å². The second kappa shape index (κ2) is 4.72. The Hall–Kier alpha value is -1.59. The van der Waals surface area contributed by atoms with Crippen molar-refractivity contribution < 1.29 is 9.31 Å². The van der Waals surface area contributed by atoms with Crippen LogP contribution >= 0.6 is 0 Å². The lowest BCUT2D eigenvalue weighted by atomic mass is 9.89. The first-order valence-electron chi connectivity index (χ1n) is 7.27. The summed E-state index contributed by atoms with van der Waals surface area (Å²) in [5, 5.41) is 1.10. The molecule has 2 aromatic heterocycles. The van der Waals surface area contributed by atoms with Crippen molar-refractivity contribution in [3.63, 3.8) is 0 Å². The van der Waals surface area contributed by atoms with E-state index in [4.69, 9.17) is 9.31 Å². The van der Waals surface area contributed by atoms with Gasteiger partial charge in [-0.1, -0.05) is 12.1 Å². The monoisotopic (exact) mass is 284 g/mol. The highest BCUT2D eigenvalue weighted by Gasteiger charge is 2.49. The summed E-state index contributed by atoms with van der Waals surface area (Å²) in [6.45, 7) is 10.2. The van der Waals surface area contributed by atoms with Gasteiger partial charge in [0, 0.05) is 17.3 Å². The van der Waals surface area contributed by atoms with Crippen molar-refractivity contribution in [3.8, 4) is 0 Å². The zero-order chi connectivity index (χ0) is 15.3. The van der Waals surface area contributed by atoms with E-state index in [0.29, 0.717) is 0 Å². The van der Waals surface area contributed by atoms with Gasteiger partial charge in [0.05, 0.1) is 11.2 Å². The lowest BCUT2D eigenvalue weighted by molar-refractivity contribution is 0.00578. The largest absolute Gasteiger partial charge is 0.487 e. The summed E-state index contributed by atoms with van der Waals surface area (Å²) in [6, 6.07) is 4.10. The van der Waals surface area contributed by atoms with Gasteiger partial charge in [-0.15, -0.1) is 0 Å². The summed E-state index contributed by atoms with van der Waals surface area (Å²) >= 11 is 0. The molecule has 0 radical (unpaired) electrons. The van der Waals surface area contributed by atoms with E-state index in [1.54, 1.807) is 0 Å². The van der Waals surface area contributed by atoms with Crippen LogP contribution in [-0.2, 0) is 9.31 Å². The van der Waals surface area contributed by atoms with Crippen molar-refractivity contribution in [2.45, 2.75) is 45.8 Å². The first-order chi connectivity index (χ1) is 9.78. The van der Waals surface area contributed by atoms with Gasteiger partial charge in [-0.2, -0.15) is 0 Å². The topological polar surface area (TPSA) is 47.1 Å². The first-order valence-corrected chi connectivity index (χ1v) is 7.27. The summed E-state index contributed by atoms with van der Waals surface area (Å²) in [7, 11) is -0.322. The highest BCUT2D eigenvalue weighted by molar-refractivity contribution is 6.52. The van der Waals surface area contributed by atoms with Crippen molar-refractivity contribution in [3.05, 3.63) is 35.6 Å². The quantitative estimate of drug-likeness (QED) is 0.858. The number of hydrogen-bond acceptors (Lipinski definition) is 3. The number of rotatable bonds is 2. The summed E-state index contributed by atoms with van der Waals surface area (Å²) < 4.78 is 12.0. The second-order valence-electron chi connectivity index (χ2n) is 6.58. The van der Waals surface area contributed by atoms with Crippen molar-refractivity contribution in [2.24, 2.45) is 0 Å². The Morgan fingerprint density at radius 1 is 1.19 bits per heavy atom. The minimum absolute atomic E-state index is 0.306. The van der Waals surface area contributed by atoms with Crippen LogP contribution in [0.3, 0.4) is 0 Å². The van der Waals surface area contributed by atoms with Crippen LogP contribution in [0.1, 0.15) is 39.0 Å². The SMILES string of the molecule is Cc1cc(/C=C/B2OC(C)(C)C(C)(C)O2)c2cc[nH]c2n1. The third-order valence-electron chi connectivity index (χ3n) is 4.39. The number of nitrogens with one attached hydrogen (secondary N) is 1. The highest BCUT2D eigenvalue weighted by atomic mass is 16.7. The van der Waals surface area contributed by atoms with E-state index in [-0.39, 0.29) is 18.3 Å². The standard InChI is InChI=1S/C16H21BN2O2/c1-11-10-12(13-7-9-18-14(13)19-11)6-8-17-20-15(2,3)16(4,5)21-17/h6-10H,1-5H3,(H,18,19)/b8-6+. The molecule has 1 N–H and O–H groups in total. The van der Waals surface area contributed by atoms with Crippen LogP contribution in [0, 0.1) is 6.92 Å². The number of aryl methyl sites for hydroxylation is 1. The minimum Gasteiger partial charge on any atom is -0.400 e. The third kappa shape index (κ3) is 2.52. The molecule has 0 spiro atoms. The molecule has 4 nitrogen and oxygen atoms in total. The Balaban J connectivity index is 1.88. The maximum absolute atomic E-state index is 5.98. The average molecular weight is 284 g/mol. The first kappa shape index (κ1) is 14.4. The molecule has 0 aromatic carbocycles. The molecule has 3 rings (SSSR count). The number of fused-ring (bicyclic) bond motifs is 1. The van der Waals surface area contributed by atoms with Crippen molar-refractivity contribution in [1.29, 1.82) is 0 Å². The van der Waals surface area contributed by atoms with Crippen LogP contribution in [0.2, 0.25) is 0 Å². The predicted octanol–water partition coefficient (Wildman–Crippen LogP) is 3.52. The lowest BCUT2D eigenvalue weighted by Gasteiger charge is -2.32. The summed E-state index contributed by atoms with van der Waals surface area (Å²) in [6.07, 6.45) is 3.95. The maximum atomic E-state index is 5.98. The van der Waals surface area contributed by atoms with Crippen molar-refractivity contribution in [1.82, 2.24) is 9.97 Å². The minimum atomic E-state index is -0.322. The van der Waals surface area contributed by atoms with E-state index in [1.807, 2.05) is 31.2 Å². The molecule has 0 amide bonds. The highest BCUT2D eigenvalue weighted by Crippen LogP contribution is 2.37. The molecule has 3 heterocycles. The van der Waals surface area contributed by atoms with E-state index in [1.165, 1.54) is 0 Å². The zero-order valence-corrected chi connectivity index (χ0v) is 13.2. The molecule has 1 saturated heterocycles. The van der Waals surface area contributed by atoms with Gasteiger partial charge in [-0.3, -0.25) is 0 Å². The summed E-state index contributed by atoms with van der Waals surface area (Å²) in [4.78, 5) is 7.62. The van der Waals surface area contributed by atoms with E-state index >= 15 is 0 Å². The van der Waals surface area contributed by atoms with E-state index in [0.717, 1.165) is 22.3 Å². The number of nitrogens with zero attached hydrogens (tertiary/aromatic N) is 1. The lowest BCUT2D eigenvalue weighted by Crippen LogP contribution is -2.41. The molecule has 1 aliphatic heterocycles. The Bertz CT molecular complexity index is 687. The smallest absolute Gasteiger partial charge is 0.400 e. The number of hydrogen-bond donors (Lipinski definition) is 1. The molecule has 1 aliphatic rings. The molecule has 0 bridgehead atoms. The molecular weight excluding hydrogens is 263 g/mol. The van der Waals surface area contributed by atoms with E-state index in [9.17, 15) is 0 Å². The number of pyridine rings is 1. The van der Waals surface area contributed by atoms with Crippen molar-refractivity contribution in [2.75, 3.05) is 0 Å². The average Bonchev–Trinajstić information content (AvgIpc) is 2.89. The van der Waals surface area contributed by atoms with Gasteiger partial charge in [0.2, 0.25) is 0 Å². The van der Waals surface area contributed by atoms with Gasteiger partial charge < -0.3 is 14.3 Å². The predicted molar refractivity (Wildman–Crippen MR) is 85.9 cm³/mol.